The van der Waals surface area contributed by atoms with Crippen molar-refractivity contribution in [3.05, 3.63) is 57.9 Å². The Labute approximate surface area is 176 Å². The summed E-state index contributed by atoms with van der Waals surface area (Å²) in [7, 11) is 3.09. The highest BCUT2D eigenvalue weighted by atomic mass is 35.5. The van der Waals surface area contributed by atoms with Crippen molar-refractivity contribution in [2.45, 2.75) is 0 Å². The molecule has 0 aliphatic carbocycles. The predicted molar refractivity (Wildman–Crippen MR) is 114 cm³/mol. The van der Waals surface area contributed by atoms with Gasteiger partial charge < -0.3 is 14.8 Å². The summed E-state index contributed by atoms with van der Waals surface area (Å²) in [5, 5.41) is 7.63. The Morgan fingerprint density at radius 1 is 1.17 bits per heavy atom. The molecule has 0 aliphatic rings. The molecule has 2 amide bonds. The van der Waals surface area contributed by atoms with Crippen LogP contribution in [-0.4, -0.2) is 38.8 Å². The molecule has 0 unspecified atom stereocenters. The van der Waals surface area contributed by atoms with Gasteiger partial charge in [-0.1, -0.05) is 29.8 Å². The molecule has 0 atom stereocenters. The van der Waals surface area contributed by atoms with Gasteiger partial charge in [0.25, 0.3) is 11.8 Å². The van der Waals surface area contributed by atoms with Crippen molar-refractivity contribution < 1.29 is 19.1 Å². The van der Waals surface area contributed by atoms with Crippen LogP contribution in [0.5, 0.6) is 11.5 Å². The molecular weight excluding hydrogens is 414 g/mol. The van der Waals surface area contributed by atoms with Gasteiger partial charge >= 0.3 is 0 Å². The number of benzene rings is 2. The number of amides is 2. The molecule has 0 radical (unpaired) electrons. The lowest BCUT2D eigenvalue weighted by molar-refractivity contribution is -0.120. The van der Waals surface area contributed by atoms with Crippen LogP contribution < -0.4 is 20.2 Å². The first-order valence-corrected chi connectivity index (χ1v) is 9.72. The van der Waals surface area contributed by atoms with Gasteiger partial charge in [-0.3, -0.25) is 9.59 Å². The predicted octanol–water partition coefficient (Wildman–Crippen LogP) is 3.45. The van der Waals surface area contributed by atoms with Gasteiger partial charge in [0.15, 0.2) is 0 Å². The summed E-state index contributed by atoms with van der Waals surface area (Å²) < 4.78 is 11.3. The molecule has 1 aromatic heterocycles. The maximum atomic E-state index is 12.4. The van der Waals surface area contributed by atoms with Crippen molar-refractivity contribution in [2.75, 3.05) is 20.8 Å². The molecule has 0 bridgehead atoms. The van der Waals surface area contributed by atoms with Gasteiger partial charge in [-0.2, -0.15) is 5.10 Å². The third-order valence-electron chi connectivity index (χ3n) is 3.98. The molecule has 0 saturated heterocycles. The van der Waals surface area contributed by atoms with E-state index in [9.17, 15) is 9.59 Å². The maximum absolute atomic E-state index is 12.4. The minimum Gasteiger partial charge on any atom is -0.497 e. The van der Waals surface area contributed by atoms with E-state index in [0.717, 1.165) is 10.1 Å². The molecule has 0 saturated carbocycles. The zero-order chi connectivity index (χ0) is 20.8. The van der Waals surface area contributed by atoms with E-state index in [4.69, 9.17) is 21.1 Å². The first-order valence-electron chi connectivity index (χ1n) is 8.52. The van der Waals surface area contributed by atoms with Gasteiger partial charge in [-0.15, -0.1) is 11.3 Å². The van der Waals surface area contributed by atoms with E-state index in [-0.39, 0.29) is 6.54 Å². The number of carbonyl (C=O) groups is 2. The lowest BCUT2D eigenvalue weighted by Crippen LogP contribution is -2.34. The number of methoxy groups -OCH3 is 2. The van der Waals surface area contributed by atoms with Gasteiger partial charge in [0.1, 0.15) is 16.4 Å². The Bertz CT molecular complexity index is 1080. The van der Waals surface area contributed by atoms with Crippen molar-refractivity contribution >= 4 is 51.1 Å². The smallest absolute Gasteiger partial charge is 0.263 e. The number of carbonyl (C=O) groups excluding carboxylic acids is 2. The average Bonchev–Trinajstić information content (AvgIpc) is 3.08. The van der Waals surface area contributed by atoms with Crippen molar-refractivity contribution in [1.82, 2.24) is 10.7 Å². The fourth-order valence-corrected chi connectivity index (χ4v) is 3.99. The summed E-state index contributed by atoms with van der Waals surface area (Å²) in [5.41, 5.74) is 2.99. The van der Waals surface area contributed by atoms with Crippen LogP contribution in [0.4, 0.5) is 0 Å². The van der Waals surface area contributed by atoms with Crippen molar-refractivity contribution in [3.8, 4) is 11.5 Å². The summed E-state index contributed by atoms with van der Waals surface area (Å²) in [6.45, 7) is -0.240. The number of fused-ring (bicyclic) bond motifs is 1. The molecule has 1 heterocycles. The van der Waals surface area contributed by atoms with Crippen LogP contribution in [0.2, 0.25) is 5.02 Å². The van der Waals surface area contributed by atoms with E-state index < -0.39 is 11.8 Å². The number of hydrazone groups is 1. The molecular formula is C20H18ClN3O4S. The van der Waals surface area contributed by atoms with Crippen LogP contribution in [0, 0.1) is 0 Å². The summed E-state index contributed by atoms with van der Waals surface area (Å²) in [6, 6.07) is 12.7. The highest BCUT2D eigenvalue weighted by molar-refractivity contribution is 7.21. The van der Waals surface area contributed by atoms with E-state index >= 15 is 0 Å². The Balaban J connectivity index is 1.58. The maximum Gasteiger partial charge on any atom is 0.263 e. The number of thiophene rings is 1. The quantitative estimate of drug-likeness (QED) is 0.443. The topological polar surface area (TPSA) is 89.0 Å². The van der Waals surface area contributed by atoms with Crippen molar-refractivity contribution in [1.29, 1.82) is 0 Å². The number of ether oxygens (including phenoxy) is 2. The highest BCUT2D eigenvalue weighted by Gasteiger charge is 2.17. The molecule has 0 aliphatic heterocycles. The normalized spacial score (nSPS) is 10.9. The Morgan fingerprint density at radius 2 is 1.97 bits per heavy atom. The molecule has 9 heteroatoms. The third-order valence-corrected chi connectivity index (χ3v) is 5.65. The van der Waals surface area contributed by atoms with Crippen LogP contribution in [0.15, 0.2) is 47.6 Å². The molecule has 3 rings (SSSR count). The van der Waals surface area contributed by atoms with Crippen molar-refractivity contribution in [2.24, 2.45) is 5.10 Å². The molecule has 0 spiro atoms. The molecule has 3 aromatic rings. The molecule has 0 fully saturated rings. The summed E-state index contributed by atoms with van der Waals surface area (Å²) in [4.78, 5) is 24.7. The van der Waals surface area contributed by atoms with Crippen LogP contribution in [0.3, 0.4) is 0 Å². The van der Waals surface area contributed by atoms with Gasteiger partial charge in [0, 0.05) is 15.6 Å². The summed E-state index contributed by atoms with van der Waals surface area (Å²) in [6.07, 6.45) is 1.43. The van der Waals surface area contributed by atoms with Gasteiger partial charge in [-0.25, -0.2) is 5.43 Å². The van der Waals surface area contributed by atoms with Crippen LogP contribution in [-0.2, 0) is 4.79 Å². The van der Waals surface area contributed by atoms with Crippen molar-refractivity contribution in [3.63, 3.8) is 0 Å². The van der Waals surface area contributed by atoms with Gasteiger partial charge in [-0.05, 0) is 24.3 Å². The molecule has 150 valence electrons. The average molecular weight is 432 g/mol. The molecule has 2 N–H and O–H groups in total. The third kappa shape index (κ3) is 4.85. The Hall–Kier alpha value is -3.10. The summed E-state index contributed by atoms with van der Waals surface area (Å²) >= 11 is 7.55. The summed E-state index contributed by atoms with van der Waals surface area (Å²) in [5.74, 6) is 0.320. The minimum absolute atomic E-state index is 0.240. The van der Waals surface area contributed by atoms with Crippen LogP contribution >= 0.6 is 22.9 Å². The number of hydrogen-bond acceptors (Lipinski definition) is 6. The van der Waals surface area contributed by atoms with Gasteiger partial charge in [0.05, 0.1) is 32.0 Å². The monoisotopic (exact) mass is 431 g/mol. The Kier molecular flexibility index (Phi) is 6.69. The molecule has 7 nitrogen and oxygen atoms in total. The molecule has 2 aromatic carbocycles. The Morgan fingerprint density at radius 3 is 2.69 bits per heavy atom. The van der Waals surface area contributed by atoms with E-state index in [1.54, 1.807) is 25.3 Å². The standard InChI is InChI=1S/C20H18ClN3O4S/c1-27-13-7-8-15(28-2)12(9-13)10-23-24-17(25)11-22-20(26)19-18(21)14-5-3-4-6-16(14)29-19/h3-10H,11H2,1-2H3,(H,22,26)(H,24,25)/b23-10-. The molecule has 29 heavy (non-hydrogen) atoms. The van der Waals surface area contributed by atoms with Crippen LogP contribution in [0.1, 0.15) is 15.2 Å². The number of rotatable bonds is 7. The number of halogens is 1. The van der Waals surface area contributed by atoms with E-state index in [1.165, 1.54) is 24.7 Å². The second-order valence-corrected chi connectivity index (χ2v) is 7.26. The van der Waals surface area contributed by atoms with E-state index in [2.05, 4.69) is 15.8 Å². The number of nitrogens with one attached hydrogen (secondary N) is 2. The first-order chi connectivity index (χ1) is 14.0. The van der Waals surface area contributed by atoms with E-state index in [0.29, 0.717) is 27.0 Å². The first kappa shape index (κ1) is 20.6. The lowest BCUT2D eigenvalue weighted by Gasteiger charge is -2.07. The second kappa shape index (κ2) is 9.40. The number of hydrogen-bond donors (Lipinski definition) is 2. The zero-order valence-corrected chi connectivity index (χ0v) is 17.3. The largest absolute Gasteiger partial charge is 0.497 e. The lowest BCUT2D eigenvalue weighted by atomic mass is 10.2. The van der Waals surface area contributed by atoms with Gasteiger partial charge in [0.2, 0.25) is 0 Å². The minimum atomic E-state index is -0.478. The van der Waals surface area contributed by atoms with E-state index in [1.807, 2.05) is 24.3 Å². The number of nitrogens with zero attached hydrogens (tertiary/aromatic N) is 1. The fraction of sp³-hybridized carbons (Fsp3) is 0.150. The highest BCUT2D eigenvalue weighted by Crippen LogP contribution is 2.34. The second-order valence-electron chi connectivity index (χ2n) is 5.83. The fourth-order valence-electron chi connectivity index (χ4n) is 2.55. The van der Waals surface area contributed by atoms with Crippen LogP contribution in [0.25, 0.3) is 10.1 Å². The zero-order valence-electron chi connectivity index (χ0n) is 15.7. The SMILES string of the molecule is COc1ccc(OC)c(/C=N\NC(=O)CNC(=O)c2sc3ccccc3c2Cl)c1.